The van der Waals surface area contributed by atoms with Crippen molar-refractivity contribution in [2.45, 2.75) is 0 Å². The summed E-state index contributed by atoms with van der Waals surface area (Å²) in [4.78, 5) is 17.8. The molecule has 0 spiro atoms. The molecule has 0 saturated carbocycles. The maximum Gasteiger partial charge on any atom is 0.0737 e. The number of nitrogens with one attached hydrogen (secondary N) is 2. The van der Waals surface area contributed by atoms with Crippen molar-refractivity contribution in [1.82, 2.24) is 19.9 Å². The first-order chi connectivity index (χ1) is 19.8. The van der Waals surface area contributed by atoms with Gasteiger partial charge in [0, 0.05) is 84.4 Å². The third-order valence-corrected chi connectivity index (χ3v) is 8.12. The van der Waals surface area contributed by atoms with Crippen LogP contribution in [-0.2, 0) is 18.6 Å². The zero-order chi connectivity index (χ0) is 26.2. The molecule has 1 radical (unpaired) electrons. The van der Waals surface area contributed by atoms with Crippen molar-refractivity contribution >= 4 is 43.6 Å². The van der Waals surface area contributed by atoms with Gasteiger partial charge in [-0.3, -0.25) is 0 Å². The molecule has 7 aromatic rings. The van der Waals surface area contributed by atoms with Gasteiger partial charge in [0.1, 0.15) is 0 Å². The number of fused-ring (bicyclic) bond motifs is 20. The fourth-order valence-corrected chi connectivity index (χ4v) is 6.27. The fraction of sp³-hybridized carbons (Fsp3) is 0. The molecule has 9 rings (SSSR count). The van der Waals surface area contributed by atoms with E-state index in [0.29, 0.717) is 0 Å². The standard InChI is InChI=1S/C36H22N4.V/c1-2-10-22-21(9-1)29-17-31-23-11-3-4-12-24(23)33(38-31)19-35-27-15-7-8-16-28(27)36(40-35)20-34-26-14-6-5-13-25(26)32(39-34)18-30(22)37-29;/h1-20,37,40H;. The minimum Gasteiger partial charge on any atom is -0.354 e. The molecule has 3 aromatic heterocycles. The molecule has 5 heteroatoms. The first kappa shape index (κ1) is 23.9. The molecule has 0 atom stereocenters. The molecule has 4 aromatic carbocycles. The second kappa shape index (κ2) is 9.07. The van der Waals surface area contributed by atoms with Crippen LogP contribution in [0.1, 0.15) is 0 Å². The smallest absolute Gasteiger partial charge is 0.0737 e. The van der Waals surface area contributed by atoms with Crippen molar-refractivity contribution in [3.8, 4) is 45.0 Å². The van der Waals surface area contributed by atoms with Gasteiger partial charge in [-0.2, -0.15) is 0 Å². The summed E-state index contributed by atoms with van der Waals surface area (Å²) in [6.07, 6.45) is 0. The minimum absolute atomic E-state index is 0. The molecule has 0 aliphatic carbocycles. The maximum absolute atomic E-state index is 5.17. The fourth-order valence-electron chi connectivity index (χ4n) is 6.27. The number of aromatic amines is 2. The topological polar surface area (TPSA) is 57.4 Å². The van der Waals surface area contributed by atoms with E-state index >= 15 is 0 Å². The summed E-state index contributed by atoms with van der Waals surface area (Å²) in [5, 5.41) is 4.66. The van der Waals surface area contributed by atoms with E-state index < -0.39 is 0 Å². The van der Waals surface area contributed by atoms with Gasteiger partial charge in [-0.05, 0) is 24.3 Å². The van der Waals surface area contributed by atoms with E-state index in [9.17, 15) is 0 Å². The van der Waals surface area contributed by atoms with Crippen molar-refractivity contribution in [2.24, 2.45) is 0 Å². The predicted molar refractivity (Wildman–Crippen MR) is 165 cm³/mol. The molecule has 0 amide bonds. The molecule has 0 saturated heterocycles. The molecule has 2 aliphatic heterocycles. The van der Waals surface area contributed by atoms with E-state index in [0.717, 1.165) is 88.6 Å². The van der Waals surface area contributed by atoms with Gasteiger partial charge in [-0.25, -0.2) is 9.97 Å². The summed E-state index contributed by atoms with van der Waals surface area (Å²) >= 11 is 0. The van der Waals surface area contributed by atoms with Crippen LogP contribution in [0.5, 0.6) is 0 Å². The Morgan fingerprint density at radius 3 is 0.854 bits per heavy atom. The normalized spacial score (nSPS) is 11.7. The van der Waals surface area contributed by atoms with Crippen LogP contribution in [0.4, 0.5) is 0 Å². The van der Waals surface area contributed by atoms with E-state index in [2.05, 4.69) is 131 Å². The Morgan fingerprint density at radius 1 is 0.341 bits per heavy atom. The summed E-state index contributed by atoms with van der Waals surface area (Å²) in [6.45, 7) is 0. The second-order valence-corrected chi connectivity index (χ2v) is 10.4. The van der Waals surface area contributed by atoms with Crippen LogP contribution in [0.2, 0.25) is 0 Å². The summed E-state index contributed by atoms with van der Waals surface area (Å²) in [5.74, 6) is 0. The zero-order valence-electron chi connectivity index (χ0n) is 21.9. The first-order valence-electron chi connectivity index (χ1n) is 13.5. The molecular weight excluding hydrogens is 539 g/mol. The third kappa shape index (κ3) is 3.62. The number of benzene rings is 4. The van der Waals surface area contributed by atoms with E-state index in [4.69, 9.17) is 9.97 Å². The Bertz CT molecular complexity index is 2020. The molecule has 8 bridgehead atoms. The average molecular weight is 562 g/mol. The van der Waals surface area contributed by atoms with Gasteiger partial charge in [0.05, 0.1) is 22.8 Å². The SMILES string of the molecule is [V].c1ccc2c(c1)-c1cc3[nH]c(cc4nc(cc5[nH]c(cc-2n1)c1ccccc51)-c1ccccc1-4)c1ccccc31. The number of H-pyrrole nitrogens is 2. The number of nitrogens with zero attached hydrogens (tertiary/aromatic N) is 2. The van der Waals surface area contributed by atoms with Gasteiger partial charge >= 0.3 is 0 Å². The summed E-state index contributed by atoms with van der Waals surface area (Å²) in [6, 6.07) is 42.7. The van der Waals surface area contributed by atoms with Crippen LogP contribution in [0.3, 0.4) is 0 Å². The van der Waals surface area contributed by atoms with Gasteiger partial charge in [0.15, 0.2) is 0 Å². The van der Waals surface area contributed by atoms with Gasteiger partial charge in [0.25, 0.3) is 0 Å². The third-order valence-electron chi connectivity index (χ3n) is 8.12. The average Bonchev–Trinajstić information content (AvgIpc) is 3.73. The summed E-state index contributed by atoms with van der Waals surface area (Å²) in [5.41, 5.74) is 12.5. The molecule has 41 heavy (non-hydrogen) atoms. The van der Waals surface area contributed by atoms with Crippen molar-refractivity contribution in [3.05, 3.63) is 121 Å². The molecule has 0 unspecified atom stereocenters. The minimum atomic E-state index is 0. The van der Waals surface area contributed by atoms with E-state index in [1.54, 1.807) is 0 Å². The number of aromatic nitrogens is 4. The van der Waals surface area contributed by atoms with Crippen molar-refractivity contribution < 1.29 is 18.6 Å². The monoisotopic (exact) mass is 561 g/mol. The Labute approximate surface area is 247 Å². The van der Waals surface area contributed by atoms with Crippen LogP contribution in [-0.4, -0.2) is 19.9 Å². The zero-order valence-corrected chi connectivity index (χ0v) is 23.3. The maximum atomic E-state index is 5.17. The predicted octanol–water partition coefficient (Wildman–Crippen LogP) is 9.29. The van der Waals surface area contributed by atoms with Crippen LogP contribution < -0.4 is 0 Å². The van der Waals surface area contributed by atoms with Crippen LogP contribution in [0.15, 0.2) is 121 Å². The van der Waals surface area contributed by atoms with Gasteiger partial charge in [-0.1, -0.05) is 97.1 Å². The van der Waals surface area contributed by atoms with Crippen molar-refractivity contribution in [1.29, 1.82) is 0 Å². The number of hydrogen-bond donors (Lipinski definition) is 2. The molecular formula is C36H22N4V. The number of hydrogen-bond acceptors (Lipinski definition) is 2. The second-order valence-electron chi connectivity index (χ2n) is 10.4. The Hall–Kier alpha value is -4.90. The van der Waals surface area contributed by atoms with Crippen molar-refractivity contribution in [3.63, 3.8) is 0 Å². The van der Waals surface area contributed by atoms with Gasteiger partial charge < -0.3 is 9.97 Å². The summed E-state index contributed by atoms with van der Waals surface area (Å²) < 4.78 is 0. The van der Waals surface area contributed by atoms with E-state index in [1.165, 1.54) is 0 Å². The molecule has 0 fully saturated rings. The van der Waals surface area contributed by atoms with Crippen LogP contribution >= 0.6 is 0 Å². The van der Waals surface area contributed by atoms with Gasteiger partial charge in [-0.15, -0.1) is 0 Å². The molecule has 191 valence electrons. The Kier molecular flexibility index (Phi) is 5.30. The molecule has 5 heterocycles. The molecule has 4 nitrogen and oxygen atoms in total. The van der Waals surface area contributed by atoms with Crippen molar-refractivity contribution in [2.75, 3.05) is 0 Å². The van der Waals surface area contributed by atoms with Crippen LogP contribution in [0.25, 0.3) is 88.6 Å². The number of rotatable bonds is 0. The Balaban J connectivity index is 0.00000256. The molecule has 2 aliphatic rings. The largest absolute Gasteiger partial charge is 0.354 e. The summed E-state index contributed by atoms with van der Waals surface area (Å²) in [7, 11) is 0. The molecule has 2 N–H and O–H groups in total. The quantitative estimate of drug-likeness (QED) is 0.194. The first-order valence-corrected chi connectivity index (χ1v) is 13.5. The van der Waals surface area contributed by atoms with E-state index in [1.807, 2.05) is 0 Å². The van der Waals surface area contributed by atoms with Crippen LogP contribution in [0, 0.1) is 0 Å². The Morgan fingerprint density at radius 2 is 0.585 bits per heavy atom. The van der Waals surface area contributed by atoms with Gasteiger partial charge in [0.2, 0.25) is 0 Å². The van der Waals surface area contributed by atoms with E-state index in [-0.39, 0.29) is 18.6 Å².